The van der Waals surface area contributed by atoms with Crippen molar-refractivity contribution in [1.82, 2.24) is 5.32 Å². The van der Waals surface area contributed by atoms with E-state index in [1.165, 1.54) is 4.88 Å². The minimum absolute atomic E-state index is 0.0236. The average molecular weight is 308 g/mol. The highest BCUT2D eigenvalue weighted by atomic mass is 79.9. The number of hydrogen-bond donors (Lipinski definition) is 1. The molecule has 2 unspecified atom stereocenters. The van der Waals surface area contributed by atoms with Crippen LogP contribution in [0.25, 0.3) is 0 Å². The van der Waals surface area contributed by atoms with Crippen LogP contribution in [0.5, 0.6) is 0 Å². The fourth-order valence-corrected chi connectivity index (χ4v) is 5.09. The van der Waals surface area contributed by atoms with Crippen molar-refractivity contribution in [3.05, 3.63) is 20.8 Å². The summed E-state index contributed by atoms with van der Waals surface area (Å²) in [5, 5.41) is 3.55. The highest BCUT2D eigenvalue weighted by Crippen LogP contribution is 2.31. The summed E-state index contributed by atoms with van der Waals surface area (Å²) in [7, 11) is -0.702. The van der Waals surface area contributed by atoms with Crippen molar-refractivity contribution in [2.45, 2.75) is 25.4 Å². The van der Waals surface area contributed by atoms with Gasteiger partial charge in [-0.05, 0) is 41.9 Å². The van der Waals surface area contributed by atoms with Gasteiger partial charge in [-0.2, -0.15) is 0 Å². The molecule has 0 aromatic carbocycles. The Morgan fingerprint density at radius 3 is 2.87 bits per heavy atom. The number of halogens is 1. The Balaban J connectivity index is 2.19. The van der Waals surface area contributed by atoms with Crippen LogP contribution in [-0.4, -0.2) is 21.3 Å². The topological polar surface area (TPSA) is 29.1 Å². The van der Waals surface area contributed by atoms with E-state index >= 15 is 0 Å². The van der Waals surface area contributed by atoms with Crippen molar-refractivity contribution in [3.63, 3.8) is 0 Å². The lowest BCUT2D eigenvalue weighted by Crippen LogP contribution is -2.52. The van der Waals surface area contributed by atoms with Crippen LogP contribution in [0.1, 0.15) is 24.8 Å². The molecule has 0 bridgehead atoms. The van der Waals surface area contributed by atoms with Crippen LogP contribution in [0, 0.1) is 0 Å². The third kappa shape index (κ3) is 2.90. The minimum atomic E-state index is -0.702. The predicted molar refractivity (Wildman–Crippen MR) is 69.9 cm³/mol. The van der Waals surface area contributed by atoms with Gasteiger partial charge in [-0.25, -0.2) is 0 Å². The summed E-state index contributed by atoms with van der Waals surface area (Å²) in [6.07, 6.45) is 0. The maximum atomic E-state index is 11.7. The van der Waals surface area contributed by atoms with Crippen molar-refractivity contribution in [2.24, 2.45) is 0 Å². The summed E-state index contributed by atoms with van der Waals surface area (Å²) < 4.78 is 12.9. The molecule has 1 aliphatic rings. The quantitative estimate of drug-likeness (QED) is 0.864. The molecule has 84 valence electrons. The molecule has 1 N–H and O–H groups in total. The molecular weight excluding hydrogens is 294 g/mol. The highest BCUT2D eigenvalue weighted by Gasteiger charge is 2.32. The first-order valence-electron chi connectivity index (χ1n) is 4.84. The van der Waals surface area contributed by atoms with Gasteiger partial charge in [0.05, 0.1) is 9.83 Å². The maximum Gasteiger partial charge on any atom is 0.0701 e. The molecule has 1 fully saturated rings. The summed E-state index contributed by atoms with van der Waals surface area (Å²) >= 11 is 5.17. The van der Waals surface area contributed by atoms with Gasteiger partial charge in [-0.1, -0.05) is 0 Å². The van der Waals surface area contributed by atoms with Crippen molar-refractivity contribution < 1.29 is 4.21 Å². The fourth-order valence-electron chi connectivity index (χ4n) is 1.87. The fraction of sp³-hybridized carbons (Fsp3) is 0.600. The normalized spacial score (nSPS) is 30.3. The Morgan fingerprint density at radius 2 is 2.33 bits per heavy atom. The van der Waals surface area contributed by atoms with Gasteiger partial charge in [0.1, 0.15) is 0 Å². The molecule has 1 aromatic rings. The molecule has 2 rings (SSSR count). The van der Waals surface area contributed by atoms with E-state index in [-0.39, 0.29) is 11.6 Å². The summed E-state index contributed by atoms with van der Waals surface area (Å²) in [6, 6.07) is 4.39. The highest BCUT2D eigenvalue weighted by molar-refractivity contribution is 9.11. The molecule has 0 amide bonds. The lowest BCUT2D eigenvalue weighted by atomic mass is 10.1. The molecule has 0 radical (unpaired) electrons. The van der Waals surface area contributed by atoms with Crippen LogP contribution in [0.15, 0.2) is 15.9 Å². The summed E-state index contributed by atoms with van der Waals surface area (Å²) in [5.41, 5.74) is -0.0236. The van der Waals surface area contributed by atoms with Crippen LogP contribution >= 0.6 is 27.3 Å². The molecule has 1 aromatic heterocycles. The van der Waals surface area contributed by atoms with Gasteiger partial charge in [-0.3, -0.25) is 4.21 Å². The Kier molecular flexibility index (Phi) is 3.36. The number of hydrogen-bond acceptors (Lipinski definition) is 3. The molecule has 1 saturated heterocycles. The van der Waals surface area contributed by atoms with Crippen molar-refractivity contribution in [3.8, 4) is 0 Å². The first-order chi connectivity index (χ1) is 6.96. The first kappa shape index (κ1) is 11.8. The van der Waals surface area contributed by atoms with E-state index in [4.69, 9.17) is 0 Å². The van der Waals surface area contributed by atoms with E-state index in [2.05, 4.69) is 41.2 Å². The third-order valence-corrected chi connectivity index (χ3v) is 5.86. The molecule has 5 heteroatoms. The van der Waals surface area contributed by atoms with Crippen LogP contribution < -0.4 is 5.32 Å². The lowest BCUT2D eigenvalue weighted by Gasteiger charge is -2.36. The third-order valence-electron chi connectivity index (χ3n) is 2.38. The van der Waals surface area contributed by atoms with E-state index in [0.29, 0.717) is 0 Å². The lowest BCUT2D eigenvalue weighted by molar-refractivity contribution is 0.372. The van der Waals surface area contributed by atoms with Gasteiger partial charge < -0.3 is 5.32 Å². The van der Waals surface area contributed by atoms with E-state index in [1.54, 1.807) is 11.3 Å². The maximum absolute atomic E-state index is 11.7. The zero-order chi connectivity index (χ0) is 11.1. The summed E-state index contributed by atoms with van der Waals surface area (Å²) in [4.78, 5) is 1.27. The van der Waals surface area contributed by atoms with Gasteiger partial charge in [0.2, 0.25) is 0 Å². The zero-order valence-corrected chi connectivity index (χ0v) is 12.0. The van der Waals surface area contributed by atoms with Crippen LogP contribution in [0.4, 0.5) is 0 Å². The molecule has 2 nitrogen and oxygen atoms in total. The van der Waals surface area contributed by atoms with Crippen molar-refractivity contribution >= 4 is 38.1 Å². The van der Waals surface area contributed by atoms with Crippen LogP contribution in [0.2, 0.25) is 0 Å². The van der Waals surface area contributed by atoms with Gasteiger partial charge in [0.15, 0.2) is 0 Å². The number of nitrogens with one attached hydrogen (secondary N) is 1. The molecule has 1 aliphatic heterocycles. The van der Waals surface area contributed by atoms with Gasteiger partial charge in [0.25, 0.3) is 0 Å². The largest absolute Gasteiger partial charge is 0.303 e. The molecule has 0 saturated carbocycles. The standard InChI is InChI=1S/C10H14BrNOS2/c1-10(2)6-15(13)5-7(12-10)8-3-4-9(11)14-8/h3-4,7,12H,5-6H2,1-2H3. The number of rotatable bonds is 1. The molecule has 0 aliphatic carbocycles. The van der Waals surface area contributed by atoms with E-state index in [9.17, 15) is 4.21 Å². The SMILES string of the molecule is CC1(C)CS(=O)CC(c2ccc(Br)s2)N1. The monoisotopic (exact) mass is 307 g/mol. The summed E-state index contributed by atoms with van der Waals surface area (Å²) in [5.74, 6) is 1.48. The summed E-state index contributed by atoms with van der Waals surface area (Å²) in [6.45, 7) is 4.22. The molecule has 2 heterocycles. The van der Waals surface area contributed by atoms with E-state index in [1.807, 2.05) is 6.07 Å². The molecule has 0 spiro atoms. The first-order valence-corrected chi connectivity index (χ1v) is 7.94. The second-order valence-electron chi connectivity index (χ2n) is 4.47. The van der Waals surface area contributed by atoms with Gasteiger partial charge >= 0.3 is 0 Å². The van der Waals surface area contributed by atoms with Crippen molar-refractivity contribution in [1.29, 1.82) is 0 Å². The average Bonchev–Trinajstić information content (AvgIpc) is 2.48. The van der Waals surface area contributed by atoms with E-state index in [0.717, 1.165) is 15.3 Å². The minimum Gasteiger partial charge on any atom is -0.303 e. The Labute approximate surface area is 105 Å². The van der Waals surface area contributed by atoms with E-state index < -0.39 is 10.8 Å². The van der Waals surface area contributed by atoms with Crippen LogP contribution in [0.3, 0.4) is 0 Å². The zero-order valence-electron chi connectivity index (χ0n) is 8.75. The Morgan fingerprint density at radius 1 is 1.60 bits per heavy atom. The smallest absolute Gasteiger partial charge is 0.0701 e. The second-order valence-corrected chi connectivity index (χ2v) is 8.47. The van der Waals surface area contributed by atoms with Gasteiger partial charge in [-0.15, -0.1) is 11.3 Å². The second kappa shape index (κ2) is 4.28. The van der Waals surface area contributed by atoms with Gasteiger partial charge in [0, 0.05) is 32.7 Å². The Bertz CT molecular complexity index is 389. The predicted octanol–water partition coefficient (Wildman–Crippen LogP) is 2.68. The number of thiophene rings is 1. The Hall–Kier alpha value is 0.290. The van der Waals surface area contributed by atoms with Crippen molar-refractivity contribution in [2.75, 3.05) is 11.5 Å². The van der Waals surface area contributed by atoms with Crippen LogP contribution in [-0.2, 0) is 10.8 Å². The molecular formula is C10H14BrNOS2. The molecule has 15 heavy (non-hydrogen) atoms. The molecule has 2 atom stereocenters.